The number of hydrogen-bond donors (Lipinski definition) is 1. The fourth-order valence-corrected chi connectivity index (χ4v) is 2.00. The molecular formula is C15H17N3O2. The van der Waals surface area contributed by atoms with E-state index in [-0.39, 0.29) is 5.56 Å². The summed E-state index contributed by atoms with van der Waals surface area (Å²) < 4.78 is 0. The van der Waals surface area contributed by atoms with Crippen molar-refractivity contribution >= 4 is 11.8 Å². The number of rotatable bonds is 4. The number of hydrogen-bond acceptors (Lipinski definition) is 4. The number of carboxylic acids is 1. The molecule has 0 radical (unpaired) electrons. The summed E-state index contributed by atoms with van der Waals surface area (Å²) in [4.78, 5) is 21.7. The minimum atomic E-state index is -0.954. The van der Waals surface area contributed by atoms with Crippen molar-refractivity contribution in [1.29, 1.82) is 0 Å². The molecule has 0 bridgehead atoms. The van der Waals surface area contributed by atoms with E-state index in [0.29, 0.717) is 12.2 Å². The zero-order valence-electron chi connectivity index (χ0n) is 11.8. The Bertz CT molecular complexity index is 641. The van der Waals surface area contributed by atoms with E-state index >= 15 is 0 Å². The molecule has 0 aromatic carbocycles. The zero-order valence-corrected chi connectivity index (χ0v) is 11.8. The number of aromatic carboxylic acids is 1. The summed E-state index contributed by atoms with van der Waals surface area (Å²) in [5, 5.41) is 9.00. The van der Waals surface area contributed by atoms with E-state index in [1.165, 1.54) is 0 Å². The van der Waals surface area contributed by atoms with Gasteiger partial charge in [0.05, 0.1) is 23.5 Å². The van der Waals surface area contributed by atoms with Crippen LogP contribution in [0.25, 0.3) is 0 Å². The number of aryl methyl sites for hydroxylation is 2. The third kappa shape index (κ3) is 3.12. The third-order valence-electron chi connectivity index (χ3n) is 3.04. The van der Waals surface area contributed by atoms with Gasteiger partial charge < -0.3 is 10.0 Å². The molecule has 0 unspecified atom stereocenters. The highest BCUT2D eigenvalue weighted by Crippen LogP contribution is 2.15. The van der Waals surface area contributed by atoms with Gasteiger partial charge in [0, 0.05) is 12.7 Å². The Morgan fingerprint density at radius 2 is 1.95 bits per heavy atom. The molecule has 0 aliphatic heterocycles. The van der Waals surface area contributed by atoms with Gasteiger partial charge in [0.25, 0.3) is 0 Å². The standard InChI is InChI=1S/C15H17N3O2/c1-10-5-4-6-12(16-10)9-18(3)14-8-7-13(15(19)20)11(2)17-14/h4-8H,9H2,1-3H3,(H,19,20). The Morgan fingerprint density at radius 3 is 2.55 bits per heavy atom. The minimum absolute atomic E-state index is 0.232. The first-order valence-electron chi connectivity index (χ1n) is 6.32. The Labute approximate surface area is 117 Å². The lowest BCUT2D eigenvalue weighted by Crippen LogP contribution is -2.19. The van der Waals surface area contributed by atoms with Crippen LogP contribution in [0.4, 0.5) is 5.82 Å². The van der Waals surface area contributed by atoms with Crippen LogP contribution in [0.2, 0.25) is 0 Å². The molecule has 2 heterocycles. The van der Waals surface area contributed by atoms with Gasteiger partial charge in [-0.25, -0.2) is 9.78 Å². The zero-order chi connectivity index (χ0) is 14.7. The van der Waals surface area contributed by atoms with E-state index in [0.717, 1.165) is 17.2 Å². The SMILES string of the molecule is Cc1cccc(CN(C)c2ccc(C(=O)O)c(C)n2)n1. The lowest BCUT2D eigenvalue weighted by Gasteiger charge is -2.18. The van der Waals surface area contributed by atoms with Crippen molar-refractivity contribution in [3.63, 3.8) is 0 Å². The van der Waals surface area contributed by atoms with Crippen LogP contribution in [0.5, 0.6) is 0 Å². The van der Waals surface area contributed by atoms with Crippen LogP contribution >= 0.6 is 0 Å². The Morgan fingerprint density at radius 1 is 1.20 bits per heavy atom. The molecule has 5 nitrogen and oxygen atoms in total. The van der Waals surface area contributed by atoms with Gasteiger partial charge in [-0.2, -0.15) is 0 Å². The van der Waals surface area contributed by atoms with Crippen LogP contribution in [0.15, 0.2) is 30.3 Å². The van der Waals surface area contributed by atoms with Crippen LogP contribution < -0.4 is 4.90 Å². The van der Waals surface area contributed by atoms with Gasteiger partial charge in [-0.3, -0.25) is 4.98 Å². The molecule has 0 amide bonds. The van der Waals surface area contributed by atoms with Crippen LogP contribution in [0.3, 0.4) is 0 Å². The Kier molecular flexibility index (Phi) is 3.98. The van der Waals surface area contributed by atoms with Crippen molar-refractivity contribution in [2.75, 3.05) is 11.9 Å². The second-order valence-electron chi connectivity index (χ2n) is 4.73. The third-order valence-corrected chi connectivity index (χ3v) is 3.04. The summed E-state index contributed by atoms with van der Waals surface area (Å²) in [6.45, 7) is 4.28. The van der Waals surface area contributed by atoms with Crippen molar-refractivity contribution in [3.05, 3.63) is 53.0 Å². The second-order valence-corrected chi connectivity index (χ2v) is 4.73. The van der Waals surface area contributed by atoms with Crippen LogP contribution in [-0.2, 0) is 6.54 Å². The maximum Gasteiger partial charge on any atom is 0.337 e. The van der Waals surface area contributed by atoms with Crippen molar-refractivity contribution in [2.45, 2.75) is 20.4 Å². The van der Waals surface area contributed by atoms with E-state index in [1.807, 2.05) is 37.1 Å². The van der Waals surface area contributed by atoms with Gasteiger partial charge in [0.15, 0.2) is 0 Å². The molecule has 2 rings (SSSR count). The Balaban J connectivity index is 2.19. The van der Waals surface area contributed by atoms with Gasteiger partial charge >= 0.3 is 5.97 Å². The number of pyridine rings is 2. The maximum atomic E-state index is 11.0. The predicted octanol–water partition coefficient (Wildman–Crippen LogP) is 2.43. The van der Waals surface area contributed by atoms with Crippen molar-refractivity contribution in [2.24, 2.45) is 0 Å². The predicted molar refractivity (Wildman–Crippen MR) is 77.0 cm³/mol. The number of anilines is 1. The van der Waals surface area contributed by atoms with E-state index in [2.05, 4.69) is 9.97 Å². The smallest absolute Gasteiger partial charge is 0.337 e. The van der Waals surface area contributed by atoms with Crippen LogP contribution in [-0.4, -0.2) is 28.1 Å². The maximum absolute atomic E-state index is 11.0. The fraction of sp³-hybridized carbons (Fsp3) is 0.267. The van der Waals surface area contributed by atoms with Gasteiger partial charge in [0.1, 0.15) is 5.82 Å². The number of carboxylic acid groups (broad SMARTS) is 1. The van der Waals surface area contributed by atoms with Crippen LogP contribution in [0, 0.1) is 13.8 Å². The highest BCUT2D eigenvalue weighted by atomic mass is 16.4. The molecule has 0 saturated heterocycles. The van der Waals surface area contributed by atoms with E-state index in [4.69, 9.17) is 5.11 Å². The van der Waals surface area contributed by atoms with Gasteiger partial charge in [-0.05, 0) is 38.1 Å². The number of aromatic nitrogens is 2. The molecular weight excluding hydrogens is 254 g/mol. The quantitative estimate of drug-likeness (QED) is 0.925. The van der Waals surface area contributed by atoms with Crippen molar-refractivity contribution in [3.8, 4) is 0 Å². The topological polar surface area (TPSA) is 66.3 Å². The van der Waals surface area contributed by atoms with Crippen molar-refractivity contribution < 1.29 is 9.90 Å². The lowest BCUT2D eigenvalue weighted by atomic mass is 10.2. The summed E-state index contributed by atoms with van der Waals surface area (Å²) >= 11 is 0. The summed E-state index contributed by atoms with van der Waals surface area (Å²) in [7, 11) is 1.91. The molecule has 5 heteroatoms. The lowest BCUT2D eigenvalue weighted by molar-refractivity contribution is 0.0695. The normalized spacial score (nSPS) is 10.3. The number of carbonyl (C=O) groups is 1. The fourth-order valence-electron chi connectivity index (χ4n) is 2.00. The molecule has 20 heavy (non-hydrogen) atoms. The van der Waals surface area contributed by atoms with E-state index in [9.17, 15) is 4.79 Å². The molecule has 104 valence electrons. The monoisotopic (exact) mass is 271 g/mol. The number of nitrogens with zero attached hydrogens (tertiary/aromatic N) is 3. The summed E-state index contributed by atoms with van der Waals surface area (Å²) in [5.74, 6) is -0.222. The highest BCUT2D eigenvalue weighted by molar-refractivity contribution is 5.89. The Hall–Kier alpha value is -2.43. The second kappa shape index (κ2) is 5.69. The minimum Gasteiger partial charge on any atom is -0.478 e. The van der Waals surface area contributed by atoms with Gasteiger partial charge in [-0.15, -0.1) is 0 Å². The molecule has 0 atom stereocenters. The molecule has 2 aromatic rings. The molecule has 2 aromatic heterocycles. The average Bonchev–Trinajstić information content (AvgIpc) is 2.38. The first-order valence-corrected chi connectivity index (χ1v) is 6.32. The highest BCUT2D eigenvalue weighted by Gasteiger charge is 2.11. The van der Waals surface area contributed by atoms with Crippen molar-refractivity contribution in [1.82, 2.24) is 9.97 Å². The average molecular weight is 271 g/mol. The van der Waals surface area contributed by atoms with Gasteiger partial charge in [0.2, 0.25) is 0 Å². The van der Waals surface area contributed by atoms with E-state index in [1.54, 1.807) is 19.1 Å². The van der Waals surface area contributed by atoms with Gasteiger partial charge in [-0.1, -0.05) is 6.07 Å². The first-order chi connectivity index (χ1) is 9.47. The summed E-state index contributed by atoms with van der Waals surface area (Å²) in [6.07, 6.45) is 0. The largest absolute Gasteiger partial charge is 0.478 e. The first kappa shape index (κ1) is 14.0. The molecule has 0 aliphatic carbocycles. The molecule has 0 spiro atoms. The molecule has 0 fully saturated rings. The molecule has 0 aliphatic rings. The summed E-state index contributed by atoms with van der Waals surface area (Å²) in [5.41, 5.74) is 2.67. The van der Waals surface area contributed by atoms with E-state index < -0.39 is 5.97 Å². The summed E-state index contributed by atoms with van der Waals surface area (Å²) in [6, 6.07) is 9.18. The molecule has 1 N–H and O–H groups in total. The molecule has 0 saturated carbocycles. The van der Waals surface area contributed by atoms with Crippen LogP contribution in [0.1, 0.15) is 27.4 Å².